The lowest BCUT2D eigenvalue weighted by atomic mass is 10.3. The van der Waals surface area contributed by atoms with Crippen LogP contribution >= 0.6 is 27.3 Å². The average Bonchev–Trinajstić information content (AvgIpc) is 2.85. The van der Waals surface area contributed by atoms with E-state index < -0.39 is 0 Å². The number of anilines is 1. The molecular formula is C15H20BrN3S. The zero-order chi connectivity index (χ0) is 14.4. The molecule has 0 unspecified atom stereocenters. The maximum Gasteiger partial charge on any atom is 0.128 e. The minimum absolute atomic E-state index is 0.833. The van der Waals surface area contributed by atoms with Crippen molar-refractivity contribution in [3.05, 3.63) is 44.7 Å². The standard InChI is InChI=1S/C15H20BrN3S/c1-3-7-17-9-13-5-4-6-15(18-13)19(2)10-12-8-14(16)20-11-12/h4-6,8,11,17H,3,7,9-10H2,1-2H3. The average molecular weight is 354 g/mol. The zero-order valence-electron chi connectivity index (χ0n) is 11.9. The minimum Gasteiger partial charge on any atom is -0.355 e. The first kappa shape index (κ1) is 15.5. The molecular weight excluding hydrogens is 334 g/mol. The highest BCUT2D eigenvalue weighted by Crippen LogP contribution is 2.22. The number of hydrogen-bond donors (Lipinski definition) is 1. The lowest BCUT2D eigenvalue weighted by Gasteiger charge is -2.18. The minimum atomic E-state index is 0.833. The van der Waals surface area contributed by atoms with Gasteiger partial charge in [0.1, 0.15) is 5.82 Å². The lowest BCUT2D eigenvalue weighted by molar-refractivity contribution is 0.663. The molecule has 5 heteroatoms. The van der Waals surface area contributed by atoms with Crippen LogP contribution in [0.2, 0.25) is 0 Å². The van der Waals surface area contributed by atoms with Crippen LogP contribution in [-0.2, 0) is 13.1 Å². The normalized spacial score (nSPS) is 10.8. The summed E-state index contributed by atoms with van der Waals surface area (Å²) in [5, 5.41) is 5.56. The second kappa shape index (κ2) is 7.76. The van der Waals surface area contributed by atoms with Crippen molar-refractivity contribution < 1.29 is 0 Å². The third kappa shape index (κ3) is 4.58. The second-order valence-corrected chi connectivity index (χ2v) is 7.07. The van der Waals surface area contributed by atoms with Crippen LogP contribution in [-0.4, -0.2) is 18.6 Å². The van der Waals surface area contributed by atoms with Gasteiger partial charge in [-0.3, -0.25) is 0 Å². The van der Waals surface area contributed by atoms with Crippen LogP contribution in [0.15, 0.2) is 33.4 Å². The molecule has 0 aliphatic heterocycles. The van der Waals surface area contributed by atoms with Crippen molar-refractivity contribution in [2.24, 2.45) is 0 Å². The summed E-state index contributed by atoms with van der Waals surface area (Å²) in [5.74, 6) is 1.02. The Bertz CT molecular complexity index is 541. The molecule has 2 heterocycles. The van der Waals surface area contributed by atoms with Crippen molar-refractivity contribution in [2.45, 2.75) is 26.4 Å². The van der Waals surface area contributed by atoms with Crippen LogP contribution in [0, 0.1) is 0 Å². The molecule has 1 N–H and O–H groups in total. The molecule has 2 aromatic rings. The molecule has 0 amide bonds. The van der Waals surface area contributed by atoms with Crippen molar-refractivity contribution in [3.63, 3.8) is 0 Å². The van der Waals surface area contributed by atoms with Gasteiger partial charge in [0.15, 0.2) is 0 Å². The van der Waals surface area contributed by atoms with E-state index in [1.807, 2.05) is 0 Å². The van der Waals surface area contributed by atoms with Gasteiger partial charge in [-0.2, -0.15) is 0 Å². The van der Waals surface area contributed by atoms with E-state index in [2.05, 4.69) is 69.8 Å². The molecule has 0 atom stereocenters. The fourth-order valence-electron chi connectivity index (χ4n) is 1.95. The summed E-state index contributed by atoms with van der Waals surface area (Å²) in [6.45, 7) is 4.91. The third-order valence-electron chi connectivity index (χ3n) is 2.96. The molecule has 2 rings (SSSR count). The Morgan fingerprint density at radius 3 is 2.95 bits per heavy atom. The maximum atomic E-state index is 4.70. The highest BCUT2D eigenvalue weighted by Gasteiger charge is 2.06. The van der Waals surface area contributed by atoms with Crippen LogP contribution in [0.3, 0.4) is 0 Å². The summed E-state index contributed by atoms with van der Waals surface area (Å²) in [6.07, 6.45) is 1.15. The van der Waals surface area contributed by atoms with Gasteiger partial charge in [-0.1, -0.05) is 13.0 Å². The summed E-state index contributed by atoms with van der Waals surface area (Å²) >= 11 is 5.22. The molecule has 0 saturated carbocycles. The van der Waals surface area contributed by atoms with Crippen LogP contribution in [0.1, 0.15) is 24.6 Å². The van der Waals surface area contributed by atoms with E-state index in [1.54, 1.807) is 11.3 Å². The van der Waals surface area contributed by atoms with Gasteiger partial charge in [0.2, 0.25) is 0 Å². The summed E-state index contributed by atoms with van der Waals surface area (Å²) in [4.78, 5) is 6.88. The molecule has 0 saturated heterocycles. The Hall–Kier alpha value is -0.910. The molecule has 3 nitrogen and oxygen atoms in total. The third-order valence-corrected chi connectivity index (χ3v) is 4.51. The van der Waals surface area contributed by atoms with Gasteiger partial charge in [-0.15, -0.1) is 11.3 Å². The van der Waals surface area contributed by atoms with Gasteiger partial charge in [-0.05, 0) is 58.0 Å². The van der Waals surface area contributed by atoms with Crippen molar-refractivity contribution in [1.29, 1.82) is 0 Å². The molecule has 108 valence electrons. The van der Waals surface area contributed by atoms with E-state index in [0.29, 0.717) is 0 Å². The predicted molar refractivity (Wildman–Crippen MR) is 90.4 cm³/mol. The number of nitrogens with one attached hydrogen (secondary N) is 1. The van der Waals surface area contributed by atoms with Gasteiger partial charge >= 0.3 is 0 Å². The molecule has 0 aliphatic rings. The molecule has 0 aromatic carbocycles. The Kier molecular flexibility index (Phi) is 6.01. The maximum absolute atomic E-state index is 4.70. The van der Waals surface area contributed by atoms with Crippen molar-refractivity contribution in [1.82, 2.24) is 10.3 Å². The van der Waals surface area contributed by atoms with Gasteiger partial charge < -0.3 is 10.2 Å². The molecule has 0 fully saturated rings. The first-order valence-electron chi connectivity index (χ1n) is 6.79. The lowest BCUT2D eigenvalue weighted by Crippen LogP contribution is -2.19. The van der Waals surface area contributed by atoms with E-state index in [9.17, 15) is 0 Å². The number of nitrogens with zero attached hydrogens (tertiary/aromatic N) is 2. The van der Waals surface area contributed by atoms with Gasteiger partial charge in [0.05, 0.1) is 9.48 Å². The monoisotopic (exact) mass is 353 g/mol. The van der Waals surface area contributed by atoms with E-state index in [4.69, 9.17) is 4.98 Å². The van der Waals surface area contributed by atoms with Crippen LogP contribution in [0.4, 0.5) is 5.82 Å². The summed E-state index contributed by atoms with van der Waals surface area (Å²) < 4.78 is 1.17. The molecule has 20 heavy (non-hydrogen) atoms. The number of rotatable bonds is 7. The number of halogens is 1. The Morgan fingerprint density at radius 1 is 1.40 bits per heavy atom. The summed E-state index contributed by atoms with van der Waals surface area (Å²) in [5.41, 5.74) is 2.40. The molecule has 0 bridgehead atoms. The number of aromatic nitrogens is 1. The predicted octanol–water partition coefficient (Wildman–Crippen LogP) is 4.04. The fourth-order valence-corrected chi connectivity index (χ4v) is 3.16. The topological polar surface area (TPSA) is 28.2 Å². The molecule has 2 aromatic heterocycles. The second-order valence-electron chi connectivity index (χ2n) is 4.78. The number of thiophene rings is 1. The molecule has 0 aliphatic carbocycles. The Labute approximate surface area is 133 Å². The zero-order valence-corrected chi connectivity index (χ0v) is 14.3. The number of pyridine rings is 1. The van der Waals surface area contributed by atoms with Crippen LogP contribution < -0.4 is 10.2 Å². The van der Waals surface area contributed by atoms with E-state index in [-0.39, 0.29) is 0 Å². The smallest absolute Gasteiger partial charge is 0.128 e. The molecule has 0 spiro atoms. The first-order chi connectivity index (χ1) is 9.69. The van der Waals surface area contributed by atoms with Crippen LogP contribution in [0.25, 0.3) is 0 Å². The van der Waals surface area contributed by atoms with Crippen molar-refractivity contribution >= 4 is 33.1 Å². The Morgan fingerprint density at radius 2 is 2.25 bits per heavy atom. The van der Waals surface area contributed by atoms with Crippen molar-refractivity contribution in [2.75, 3.05) is 18.5 Å². The number of hydrogen-bond acceptors (Lipinski definition) is 4. The highest BCUT2D eigenvalue weighted by molar-refractivity contribution is 9.11. The SMILES string of the molecule is CCCNCc1cccc(N(C)Cc2csc(Br)c2)n1. The van der Waals surface area contributed by atoms with E-state index in [1.165, 1.54) is 9.35 Å². The fraction of sp³-hybridized carbons (Fsp3) is 0.400. The van der Waals surface area contributed by atoms with E-state index in [0.717, 1.165) is 37.6 Å². The van der Waals surface area contributed by atoms with Gasteiger partial charge in [0, 0.05) is 20.1 Å². The largest absolute Gasteiger partial charge is 0.355 e. The highest BCUT2D eigenvalue weighted by atomic mass is 79.9. The Balaban J connectivity index is 1.98. The van der Waals surface area contributed by atoms with Gasteiger partial charge in [0.25, 0.3) is 0 Å². The summed E-state index contributed by atoms with van der Waals surface area (Å²) in [6, 6.07) is 8.37. The van der Waals surface area contributed by atoms with E-state index >= 15 is 0 Å². The molecule has 0 radical (unpaired) electrons. The van der Waals surface area contributed by atoms with Gasteiger partial charge in [-0.25, -0.2) is 4.98 Å². The first-order valence-corrected chi connectivity index (χ1v) is 8.47. The quantitative estimate of drug-likeness (QED) is 0.761. The van der Waals surface area contributed by atoms with Crippen molar-refractivity contribution in [3.8, 4) is 0 Å². The summed E-state index contributed by atoms with van der Waals surface area (Å²) in [7, 11) is 2.08. The van der Waals surface area contributed by atoms with Crippen LogP contribution in [0.5, 0.6) is 0 Å².